The number of para-hydroxylation sites is 4. The standard InChI is InChI=1S/2C18H16N2OSi/c2*1-22(16-9-3-2-4-10-16)19-13-7-8-15(19)14-20(22)17-11-5-6-12-18(17)21-22/h2*2-14H,1H3. The quantitative estimate of drug-likeness (QED) is 0.231. The van der Waals surface area contributed by atoms with Crippen molar-refractivity contribution < 1.29 is 17.3 Å². The van der Waals surface area contributed by atoms with Gasteiger partial charge in [-0.3, -0.25) is 0 Å². The molecule has 2 aromatic heterocycles. The van der Waals surface area contributed by atoms with Gasteiger partial charge in [0.25, 0.3) is 0 Å². The predicted molar refractivity (Wildman–Crippen MR) is 179 cm³/mol. The summed E-state index contributed by atoms with van der Waals surface area (Å²) < 4.78 is 23.1. The molecule has 6 nitrogen and oxygen atoms in total. The fourth-order valence-electron chi connectivity index (χ4n) is 7.99. The third kappa shape index (κ3) is 2.85. The summed E-state index contributed by atoms with van der Waals surface area (Å²) in [7, 11) is -6.54. The van der Waals surface area contributed by atoms with Crippen LogP contribution < -0.4 is 19.2 Å². The van der Waals surface area contributed by atoms with Gasteiger partial charge in [-0.15, -0.1) is 0 Å². The molecule has 6 aromatic rings. The normalized spacial score (nSPS) is 20.8. The molecule has 0 aliphatic carbocycles. The second kappa shape index (κ2) is 8.25. The van der Waals surface area contributed by atoms with Crippen molar-refractivity contribution in [1.29, 1.82) is 0 Å². The van der Waals surface area contributed by atoms with Crippen molar-refractivity contribution in [1.82, 2.24) is 8.47 Å². The number of nitrogens with zero attached hydrogens (tertiary/aromatic N) is 4. The van der Waals surface area contributed by atoms with Crippen LogP contribution in [0.3, 0.4) is 0 Å². The molecule has 6 heterocycles. The van der Waals surface area contributed by atoms with E-state index in [1.807, 2.05) is 12.1 Å². The van der Waals surface area contributed by atoms with E-state index in [4.69, 9.17) is 8.85 Å². The minimum atomic E-state index is -3.27. The van der Waals surface area contributed by atoms with E-state index in [-0.39, 0.29) is 0 Å². The number of benzene rings is 4. The summed E-state index contributed by atoms with van der Waals surface area (Å²) in [6.07, 6.45) is 8.76. The molecule has 10 rings (SSSR count). The monoisotopic (exact) mass is 608 g/mol. The summed E-state index contributed by atoms with van der Waals surface area (Å²) in [6.45, 7) is 4.59. The maximum atomic E-state index is 6.79. The van der Waals surface area contributed by atoms with Crippen molar-refractivity contribution in [2.45, 2.75) is 13.1 Å². The van der Waals surface area contributed by atoms with Crippen molar-refractivity contribution in [3.8, 4) is 11.5 Å². The van der Waals surface area contributed by atoms with E-state index in [1.54, 1.807) is 0 Å². The summed E-state index contributed by atoms with van der Waals surface area (Å²) in [5.41, 5.74) is 4.72. The van der Waals surface area contributed by atoms with E-state index in [1.165, 1.54) is 21.8 Å². The van der Waals surface area contributed by atoms with Gasteiger partial charge < -0.3 is 0 Å². The van der Waals surface area contributed by atoms with Gasteiger partial charge >= 0.3 is 258 Å². The number of hydrogen-bond donors (Lipinski definition) is 0. The zero-order chi connectivity index (χ0) is 29.6. The zero-order valence-corrected chi connectivity index (χ0v) is 26.6. The van der Waals surface area contributed by atoms with E-state index in [0.717, 1.165) is 22.9 Å². The molecule has 216 valence electrons. The van der Waals surface area contributed by atoms with Gasteiger partial charge in [0.1, 0.15) is 0 Å². The second-order valence-corrected chi connectivity index (χ2v) is 22.0. The van der Waals surface area contributed by atoms with Crippen LogP contribution in [0.2, 0.25) is 13.1 Å². The van der Waals surface area contributed by atoms with Gasteiger partial charge in [0.05, 0.1) is 0 Å². The number of hydrogen-bond acceptors (Lipinski definition) is 2. The SMILES string of the molecule is C[Si-]12(c3ccccc3)Oc3ccccc3[N+]1=Cc1cccn12.C[Si-]12(c3ccccc3)Oc3ccccc3[N+]1=Cc1cccn12. The molecule has 4 aliphatic heterocycles. The molecule has 0 amide bonds. The van der Waals surface area contributed by atoms with Gasteiger partial charge in [-0.2, -0.15) is 0 Å². The van der Waals surface area contributed by atoms with E-state index < -0.39 is 15.8 Å². The minimum absolute atomic E-state index is 0.970. The summed E-state index contributed by atoms with van der Waals surface area (Å²) in [4.78, 5) is 0. The topological polar surface area (TPSA) is 34.3 Å². The first-order chi connectivity index (χ1) is 21.4. The van der Waals surface area contributed by atoms with Crippen molar-refractivity contribution in [2.75, 3.05) is 0 Å². The molecule has 4 aromatic carbocycles. The first-order valence-corrected chi connectivity index (χ1v) is 20.7. The maximum absolute atomic E-state index is 6.79. The van der Waals surface area contributed by atoms with Crippen molar-refractivity contribution in [3.05, 3.63) is 157 Å². The Bertz CT molecular complexity index is 2050. The number of fused-ring (bicyclic) bond motifs is 10. The molecular weight excluding hydrogens is 577 g/mol. The molecule has 8 heteroatoms. The van der Waals surface area contributed by atoms with E-state index in [0.29, 0.717) is 0 Å². The van der Waals surface area contributed by atoms with Gasteiger partial charge in [0, 0.05) is 0 Å². The molecule has 0 fully saturated rings. The molecule has 0 unspecified atom stereocenters. The van der Waals surface area contributed by atoms with E-state index >= 15 is 0 Å². The van der Waals surface area contributed by atoms with Crippen molar-refractivity contribution in [3.63, 3.8) is 0 Å². The molecular formula is C36H32N4O2Si2. The molecule has 0 bridgehead atoms. The van der Waals surface area contributed by atoms with Crippen LogP contribution in [0.1, 0.15) is 11.4 Å². The second-order valence-electron chi connectivity index (χ2n) is 12.5. The van der Waals surface area contributed by atoms with Crippen molar-refractivity contribution in [2.24, 2.45) is 0 Å². The molecule has 0 spiro atoms. The molecule has 0 saturated carbocycles. The first-order valence-electron chi connectivity index (χ1n) is 15.1. The van der Waals surface area contributed by atoms with E-state index in [2.05, 4.69) is 176 Å². The van der Waals surface area contributed by atoms with Crippen LogP contribution in [0.25, 0.3) is 0 Å². The van der Waals surface area contributed by atoms with Crippen LogP contribution in [0, 0.1) is 0 Å². The van der Waals surface area contributed by atoms with E-state index in [9.17, 15) is 0 Å². The summed E-state index contributed by atoms with van der Waals surface area (Å²) >= 11 is 0. The summed E-state index contributed by atoms with van der Waals surface area (Å²) in [5, 5.41) is 2.51. The summed E-state index contributed by atoms with van der Waals surface area (Å²) in [6, 6.07) is 46.4. The van der Waals surface area contributed by atoms with Gasteiger partial charge in [0.2, 0.25) is 0 Å². The van der Waals surface area contributed by atoms with Gasteiger partial charge in [0.15, 0.2) is 0 Å². The van der Waals surface area contributed by atoms with Crippen LogP contribution in [-0.2, 0) is 0 Å². The molecule has 0 atom stereocenters. The zero-order valence-electron chi connectivity index (χ0n) is 24.6. The third-order valence-electron chi connectivity index (χ3n) is 10.2. The average Bonchev–Trinajstić information content (AvgIpc) is 3.88. The van der Waals surface area contributed by atoms with Crippen LogP contribution in [0.15, 0.2) is 146 Å². The Hall–Kier alpha value is -5.19. The van der Waals surface area contributed by atoms with Gasteiger partial charge in [-0.1, -0.05) is 0 Å². The Balaban J connectivity index is 0.000000123. The Kier molecular flexibility index (Phi) is 4.75. The molecule has 0 radical (unpaired) electrons. The Morgan fingerprint density at radius 2 is 0.841 bits per heavy atom. The predicted octanol–water partition coefficient (Wildman–Crippen LogP) is 5.87. The van der Waals surface area contributed by atoms with Crippen molar-refractivity contribution >= 4 is 50.0 Å². The first kappa shape index (κ1) is 25.3. The molecule has 0 N–H and O–H groups in total. The van der Waals surface area contributed by atoms with Crippen LogP contribution in [-0.4, -0.2) is 45.2 Å². The number of aromatic nitrogens is 2. The fraction of sp³-hybridized carbons (Fsp3) is 0.0556. The Morgan fingerprint density at radius 1 is 0.455 bits per heavy atom. The Labute approximate surface area is 257 Å². The average molecular weight is 609 g/mol. The number of rotatable bonds is 2. The van der Waals surface area contributed by atoms with Gasteiger partial charge in [-0.05, 0) is 0 Å². The molecule has 4 aliphatic rings. The fourth-order valence-corrected chi connectivity index (χ4v) is 18.2. The Morgan fingerprint density at radius 3 is 1.27 bits per heavy atom. The third-order valence-corrected chi connectivity index (χ3v) is 21.0. The van der Waals surface area contributed by atoms with Crippen LogP contribution in [0.4, 0.5) is 11.4 Å². The van der Waals surface area contributed by atoms with Gasteiger partial charge in [-0.25, -0.2) is 0 Å². The molecule has 0 saturated heterocycles. The molecule has 44 heavy (non-hydrogen) atoms. The van der Waals surface area contributed by atoms with Crippen LogP contribution >= 0.6 is 0 Å². The summed E-state index contributed by atoms with van der Waals surface area (Å²) in [5.74, 6) is 1.94. The van der Waals surface area contributed by atoms with Crippen LogP contribution in [0.5, 0.6) is 11.5 Å².